The molecule has 7 heteroatoms. The van der Waals surface area contributed by atoms with Crippen LogP contribution >= 0.6 is 0 Å². The third-order valence-corrected chi connectivity index (χ3v) is 10.5. The molecule has 1 saturated heterocycles. The molecular weight excluding hydrogens is 446 g/mol. The van der Waals surface area contributed by atoms with Crippen molar-refractivity contribution in [3.8, 4) is 0 Å². The fourth-order valence-electron chi connectivity index (χ4n) is 8.60. The Morgan fingerprint density at radius 2 is 1.83 bits per heavy atom. The van der Waals surface area contributed by atoms with Gasteiger partial charge in [0.1, 0.15) is 12.1 Å². The number of amides is 1. The highest BCUT2D eigenvalue weighted by molar-refractivity contribution is 5.91. The zero-order valence-electron chi connectivity index (χ0n) is 21.1. The highest BCUT2D eigenvalue weighted by Gasteiger charge is 2.60. The molecule has 3 saturated carbocycles. The van der Waals surface area contributed by atoms with Crippen molar-refractivity contribution in [2.24, 2.45) is 28.6 Å². The van der Waals surface area contributed by atoms with Crippen LogP contribution in [0.3, 0.4) is 0 Å². The van der Waals surface area contributed by atoms with E-state index in [0.717, 1.165) is 44.9 Å². The molecule has 0 aromatic rings. The number of hydrogen-bond acceptors (Lipinski definition) is 5. The van der Waals surface area contributed by atoms with Gasteiger partial charge in [-0.15, -0.1) is 0 Å². The summed E-state index contributed by atoms with van der Waals surface area (Å²) in [5.74, 6) is 0.431. The van der Waals surface area contributed by atoms with E-state index in [1.165, 1.54) is 10.5 Å². The van der Waals surface area contributed by atoms with Crippen molar-refractivity contribution >= 4 is 23.6 Å². The fourth-order valence-corrected chi connectivity index (χ4v) is 8.60. The predicted molar refractivity (Wildman–Crippen MR) is 128 cm³/mol. The van der Waals surface area contributed by atoms with Crippen LogP contribution < -0.4 is 0 Å². The van der Waals surface area contributed by atoms with Crippen LogP contribution in [-0.2, 0) is 23.9 Å². The Kier molecular flexibility index (Phi) is 6.33. The van der Waals surface area contributed by atoms with Crippen LogP contribution in [0.4, 0.5) is 0 Å². The summed E-state index contributed by atoms with van der Waals surface area (Å²) in [7, 11) is 0. The molecule has 192 valence electrons. The Morgan fingerprint density at radius 1 is 1.03 bits per heavy atom. The predicted octanol–water partition coefficient (Wildman–Crippen LogP) is 4.29. The van der Waals surface area contributed by atoms with Gasteiger partial charge in [-0.05, 0) is 87.0 Å². The van der Waals surface area contributed by atoms with Gasteiger partial charge in [-0.2, -0.15) is 0 Å². The molecule has 35 heavy (non-hydrogen) atoms. The highest BCUT2D eigenvalue weighted by atomic mass is 16.5. The highest BCUT2D eigenvalue weighted by Crippen LogP contribution is 2.65. The molecule has 0 radical (unpaired) electrons. The van der Waals surface area contributed by atoms with E-state index in [0.29, 0.717) is 43.6 Å². The SMILES string of the molecule is C[C@]12CC[C@H]3[C@@H](CCC4=CC(=O)CC[C@@]43C)[C@@H]1CC[C@@H]2OC(=O)CCC(=O)N1CCC[C@@H]1C(=O)O. The monoisotopic (exact) mass is 485 g/mol. The number of hydrogen-bond donors (Lipinski definition) is 1. The lowest BCUT2D eigenvalue weighted by Gasteiger charge is -2.57. The number of carbonyl (C=O) groups is 4. The lowest BCUT2D eigenvalue weighted by molar-refractivity contribution is -0.161. The van der Waals surface area contributed by atoms with Crippen LogP contribution in [0.1, 0.15) is 90.9 Å². The number of esters is 1. The first-order valence-electron chi connectivity index (χ1n) is 13.6. The second kappa shape index (κ2) is 9.04. The summed E-state index contributed by atoms with van der Waals surface area (Å²) >= 11 is 0. The number of ether oxygens (including phenoxy) is 1. The minimum Gasteiger partial charge on any atom is -0.480 e. The van der Waals surface area contributed by atoms with Gasteiger partial charge in [-0.25, -0.2) is 4.79 Å². The molecule has 0 spiro atoms. The molecule has 1 heterocycles. The number of carboxylic acid groups (broad SMARTS) is 1. The largest absolute Gasteiger partial charge is 0.480 e. The van der Waals surface area contributed by atoms with Crippen molar-refractivity contribution in [2.45, 2.75) is 103 Å². The van der Waals surface area contributed by atoms with Gasteiger partial charge in [0, 0.05) is 24.8 Å². The fraction of sp³-hybridized carbons (Fsp3) is 0.786. The standard InChI is InChI=1S/C28H39NO6/c1-27-13-11-18(30)16-17(27)5-6-19-20-7-8-23(28(20,2)14-12-21(19)27)35-25(32)10-9-24(31)29-15-3-4-22(29)26(33)34/h16,19-23H,3-15H2,1-2H3,(H,33,34)/t19-,20-,21-,22+,23-,27-,28-/m0/s1. The van der Waals surface area contributed by atoms with E-state index in [1.54, 1.807) is 0 Å². The number of carbonyl (C=O) groups excluding carboxylic acids is 3. The van der Waals surface area contributed by atoms with E-state index < -0.39 is 12.0 Å². The molecule has 0 unspecified atom stereocenters. The average molecular weight is 486 g/mol. The maximum atomic E-state index is 12.8. The van der Waals surface area contributed by atoms with Gasteiger partial charge in [0.25, 0.3) is 0 Å². The van der Waals surface area contributed by atoms with E-state index in [4.69, 9.17) is 4.74 Å². The van der Waals surface area contributed by atoms with Crippen LogP contribution in [0, 0.1) is 28.6 Å². The molecule has 0 aromatic carbocycles. The van der Waals surface area contributed by atoms with Crippen LogP contribution in [0.2, 0.25) is 0 Å². The van der Waals surface area contributed by atoms with Crippen molar-refractivity contribution in [1.82, 2.24) is 4.90 Å². The number of aliphatic carboxylic acids is 1. The molecule has 4 aliphatic carbocycles. The first-order valence-corrected chi connectivity index (χ1v) is 13.6. The lowest BCUT2D eigenvalue weighted by atomic mass is 9.47. The minimum atomic E-state index is -0.974. The second-order valence-electron chi connectivity index (χ2n) is 12.2. The normalized spacial score (nSPS) is 40.4. The summed E-state index contributed by atoms with van der Waals surface area (Å²) in [5, 5.41) is 9.31. The third kappa shape index (κ3) is 4.13. The topological polar surface area (TPSA) is 101 Å². The third-order valence-electron chi connectivity index (χ3n) is 10.5. The number of rotatable bonds is 5. The smallest absolute Gasteiger partial charge is 0.326 e. The number of allylic oxidation sites excluding steroid dienone is 1. The first kappa shape index (κ1) is 24.5. The van der Waals surface area contributed by atoms with Crippen molar-refractivity contribution in [1.29, 1.82) is 0 Å². The zero-order chi connectivity index (χ0) is 25.0. The molecule has 0 bridgehead atoms. The number of ketones is 1. The molecule has 4 fully saturated rings. The Morgan fingerprint density at radius 3 is 2.60 bits per heavy atom. The molecule has 1 N–H and O–H groups in total. The molecular formula is C28H39NO6. The summed E-state index contributed by atoms with van der Waals surface area (Å²) in [5.41, 5.74) is 1.47. The number of fused-ring (bicyclic) bond motifs is 5. The van der Waals surface area contributed by atoms with E-state index in [-0.39, 0.29) is 47.4 Å². The molecule has 7 nitrogen and oxygen atoms in total. The number of nitrogens with zero attached hydrogens (tertiary/aromatic N) is 1. The van der Waals surface area contributed by atoms with Crippen LogP contribution in [0.25, 0.3) is 0 Å². The summed E-state index contributed by atoms with van der Waals surface area (Å²) in [6.45, 7) is 5.12. The quantitative estimate of drug-likeness (QED) is 0.583. The molecule has 1 aliphatic heterocycles. The Labute approximate surface area is 207 Å². The summed E-state index contributed by atoms with van der Waals surface area (Å²) in [6.07, 6.45) is 10.8. The zero-order valence-corrected chi connectivity index (χ0v) is 21.1. The van der Waals surface area contributed by atoms with Gasteiger partial charge >= 0.3 is 11.9 Å². The van der Waals surface area contributed by atoms with E-state index in [1.807, 2.05) is 6.08 Å². The van der Waals surface area contributed by atoms with E-state index >= 15 is 0 Å². The molecule has 5 rings (SSSR count). The van der Waals surface area contributed by atoms with Gasteiger partial charge in [-0.3, -0.25) is 14.4 Å². The van der Waals surface area contributed by atoms with Gasteiger partial charge in [-0.1, -0.05) is 19.4 Å². The Bertz CT molecular complexity index is 957. The van der Waals surface area contributed by atoms with Crippen LogP contribution in [0.15, 0.2) is 11.6 Å². The Balaban J connectivity index is 1.20. The average Bonchev–Trinajstić information content (AvgIpc) is 3.43. The Hall–Kier alpha value is -2.18. The van der Waals surface area contributed by atoms with Crippen molar-refractivity contribution in [3.63, 3.8) is 0 Å². The molecule has 5 aliphatic rings. The summed E-state index contributed by atoms with van der Waals surface area (Å²) < 4.78 is 6.01. The van der Waals surface area contributed by atoms with Crippen LogP contribution in [-0.4, -0.2) is 52.3 Å². The maximum absolute atomic E-state index is 12.8. The number of carboxylic acids is 1. The van der Waals surface area contributed by atoms with Crippen molar-refractivity contribution in [2.75, 3.05) is 6.54 Å². The molecule has 1 amide bonds. The molecule has 7 atom stereocenters. The maximum Gasteiger partial charge on any atom is 0.326 e. The van der Waals surface area contributed by atoms with E-state index in [9.17, 15) is 24.3 Å². The van der Waals surface area contributed by atoms with Crippen LogP contribution in [0.5, 0.6) is 0 Å². The van der Waals surface area contributed by atoms with Gasteiger partial charge in [0.15, 0.2) is 5.78 Å². The van der Waals surface area contributed by atoms with Crippen molar-refractivity contribution < 1.29 is 29.0 Å². The van der Waals surface area contributed by atoms with E-state index in [2.05, 4.69) is 13.8 Å². The molecule has 0 aromatic heterocycles. The summed E-state index contributed by atoms with van der Waals surface area (Å²) in [4.78, 5) is 50.1. The lowest BCUT2D eigenvalue weighted by Crippen LogP contribution is -2.51. The van der Waals surface area contributed by atoms with Gasteiger partial charge < -0.3 is 14.7 Å². The second-order valence-corrected chi connectivity index (χ2v) is 12.2. The summed E-state index contributed by atoms with van der Waals surface area (Å²) in [6, 6.07) is -0.766. The number of likely N-dealkylation sites (tertiary alicyclic amines) is 1. The van der Waals surface area contributed by atoms with Crippen molar-refractivity contribution in [3.05, 3.63) is 11.6 Å². The first-order chi connectivity index (χ1) is 16.6. The minimum absolute atomic E-state index is 0.00519. The van der Waals surface area contributed by atoms with Gasteiger partial charge in [0.05, 0.1) is 6.42 Å². The van der Waals surface area contributed by atoms with Gasteiger partial charge in [0.2, 0.25) is 5.91 Å².